The summed E-state index contributed by atoms with van der Waals surface area (Å²) in [5.74, 6) is -0.143. The third-order valence-corrected chi connectivity index (χ3v) is 10.9. The van der Waals surface area contributed by atoms with Crippen molar-refractivity contribution in [1.82, 2.24) is 19.9 Å². The highest BCUT2D eigenvalue weighted by molar-refractivity contribution is 6.00. The number of rotatable bonds is 7. The minimum absolute atomic E-state index is 0.143. The van der Waals surface area contributed by atoms with Crippen molar-refractivity contribution in [2.45, 2.75) is 38.2 Å². The molecule has 266 valence electrons. The molecule has 3 aromatic heterocycles. The first-order chi connectivity index (χ1) is 27.2. The molecule has 55 heavy (non-hydrogen) atoms. The van der Waals surface area contributed by atoms with Crippen molar-refractivity contribution in [3.63, 3.8) is 0 Å². The molecule has 0 saturated carbocycles. The number of hydrogen-bond donors (Lipinski definition) is 2. The molecular formula is C49H39N5O. The Morgan fingerprint density at radius 3 is 1.36 bits per heavy atom. The minimum atomic E-state index is -0.379. The molecule has 6 heteroatoms. The van der Waals surface area contributed by atoms with Crippen molar-refractivity contribution < 1.29 is 4.84 Å². The lowest BCUT2D eigenvalue weighted by molar-refractivity contribution is 0.0800. The van der Waals surface area contributed by atoms with Gasteiger partial charge in [-0.3, -0.25) is 4.98 Å². The van der Waals surface area contributed by atoms with Gasteiger partial charge in [0.1, 0.15) is 0 Å². The Bertz CT molecular complexity index is 2770. The van der Waals surface area contributed by atoms with E-state index in [4.69, 9.17) is 20.0 Å². The number of oxime groups is 1. The van der Waals surface area contributed by atoms with Gasteiger partial charge >= 0.3 is 0 Å². The van der Waals surface area contributed by atoms with Gasteiger partial charge in [0, 0.05) is 44.3 Å². The third kappa shape index (κ3) is 5.78. The molecule has 7 aromatic rings. The van der Waals surface area contributed by atoms with Crippen molar-refractivity contribution in [3.8, 4) is 44.5 Å². The van der Waals surface area contributed by atoms with Crippen molar-refractivity contribution in [3.05, 3.63) is 168 Å². The van der Waals surface area contributed by atoms with Gasteiger partial charge in [0.15, 0.2) is 6.10 Å². The number of H-pyrrole nitrogens is 2. The smallest absolute Gasteiger partial charge is 0.183 e. The Labute approximate surface area is 320 Å². The van der Waals surface area contributed by atoms with Gasteiger partial charge in [0.25, 0.3) is 0 Å². The summed E-state index contributed by atoms with van der Waals surface area (Å²) in [6.45, 7) is 2.22. The molecule has 0 unspecified atom stereocenters. The Morgan fingerprint density at radius 1 is 0.491 bits per heavy atom. The highest BCUT2D eigenvalue weighted by atomic mass is 16.6. The predicted octanol–water partition coefficient (Wildman–Crippen LogP) is 12.6. The standard InChI is InChI=1S/C49H39N5O/c1-2-3-24-41-46-47-44(33-20-12-6-13-21-33)39-29-27-37(51-39)42(31-16-8-4-9-17-31)35-25-26-36(50-35)43(32-18-10-5-11-19-32)38-28-30-40(52-38)45(34-22-14-7-15-23-34)48(53-47)49(46)55-54-41/h4-23,25-30,46,49,51-52H,2-3,24H2,1H3/t46-,49-/m1/s1. The zero-order valence-electron chi connectivity index (χ0n) is 30.5. The molecule has 2 atom stereocenters. The lowest BCUT2D eigenvalue weighted by Gasteiger charge is -2.14. The molecular weight excluding hydrogens is 675 g/mol. The van der Waals surface area contributed by atoms with Crippen LogP contribution in [0.15, 0.2) is 151 Å². The molecule has 8 bridgehead atoms. The average Bonchev–Trinajstić information content (AvgIpc) is 4.09. The molecule has 0 amide bonds. The summed E-state index contributed by atoms with van der Waals surface area (Å²) in [4.78, 5) is 25.4. The van der Waals surface area contributed by atoms with Crippen LogP contribution < -0.4 is 0 Å². The molecule has 10 rings (SSSR count). The molecule has 2 N–H and O–H groups in total. The SMILES string of the molecule is CCCCC1=NO[C@H]2c3nc(c(-c4ccccc4)c4ccc([nH]4)c(-c4ccccc4)c4nc(c(-c5ccccc5)c5ccc([nH]5)c3-c3ccccc3)C=C4)[C@@H]12. The van der Waals surface area contributed by atoms with Gasteiger partial charge in [-0.1, -0.05) is 140 Å². The van der Waals surface area contributed by atoms with Crippen LogP contribution >= 0.6 is 0 Å². The van der Waals surface area contributed by atoms with Crippen LogP contribution in [-0.2, 0) is 4.84 Å². The van der Waals surface area contributed by atoms with E-state index in [-0.39, 0.29) is 12.0 Å². The van der Waals surface area contributed by atoms with Gasteiger partial charge in [-0.15, -0.1) is 0 Å². The fraction of sp³-hybridized carbons (Fsp3) is 0.122. The van der Waals surface area contributed by atoms with Crippen LogP contribution in [0, 0.1) is 0 Å². The molecule has 6 nitrogen and oxygen atoms in total. The number of nitrogens with one attached hydrogen (secondary N) is 2. The van der Waals surface area contributed by atoms with E-state index in [1.807, 2.05) is 0 Å². The number of benzene rings is 4. The summed E-state index contributed by atoms with van der Waals surface area (Å²) >= 11 is 0. The number of hydrogen-bond acceptors (Lipinski definition) is 4. The number of nitrogens with zero attached hydrogens (tertiary/aromatic N) is 3. The highest BCUT2D eigenvalue weighted by Crippen LogP contribution is 2.50. The van der Waals surface area contributed by atoms with Gasteiger partial charge in [0.2, 0.25) is 0 Å². The fourth-order valence-electron chi connectivity index (χ4n) is 8.36. The zero-order valence-corrected chi connectivity index (χ0v) is 30.5. The lowest BCUT2D eigenvalue weighted by Crippen LogP contribution is -2.12. The molecule has 0 saturated heterocycles. The molecule has 3 aliphatic heterocycles. The monoisotopic (exact) mass is 713 g/mol. The summed E-state index contributed by atoms with van der Waals surface area (Å²) < 4.78 is 0. The summed E-state index contributed by atoms with van der Waals surface area (Å²) in [6.07, 6.45) is 6.85. The second-order valence-corrected chi connectivity index (χ2v) is 14.3. The van der Waals surface area contributed by atoms with Crippen LogP contribution in [0.3, 0.4) is 0 Å². The van der Waals surface area contributed by atoms with E-state index >= 15 is 0 Å². The maximum atomic E-state index is 6.51. The van der Waals surface area contributed by atoms with Gasteiger partial charge < -0.3 is 14.8 Å². The quantitative estimate of drug-likeness (QED) is 0.173. The normalized spacial score (nSPS) is 15.8. The number of aromatic amines is 2. The van der Waals surface area contributed by atoms with E-state index in [2.05, 4.69) is 175 Å². The molecule has 3 aliphatic rings. The summed E-state index contributed by atoms with van der Waals surface area (Å²) in [5.41, 5.74) is 17.0. The van der Waals surface area contributed by atoms with Gasteiger partial charge in [-0.25, -0.2) is 4.98 Å². The first-order valence-electron chi connectivity index (χ1n) is 19.2. The van der Waals surface area contributed by atoms with Crippen LogP contribution in [0.5, 0.6) is 0 Å². The second-order valence-electron chi connectivity index (χ2n) is 14.3. The van der Waals surface area contributed by atoms with E-state index in [0.29, 0.717) is 0 Å². The number of unbranched alkanes of at least 4 members (excludes halogenated alkanes) is 1. The maximum absolute atomic E-state index is 6.51. The van der Waals surface area contributed by atoms with Crippen LogP contribution in [0.25, 0.3) is 78.7 Å². The van der Waals surface area contributed by atoms with Crippen LogP contribution in [0.4, 0.5) is 0 Å². The van der Waals surface area contributed by atoms with Crippen molar-refractivity contribution >= 4 is 39.9 Å². The molecule has 4 aromatic carbocycles. The first-order valence-corrected chi connectivity index (χ1v) is 19.2. The Morgan fingerprint density at radius 2 is 0.909 bits per heavy atom. The molecule has 0 spiro atoms. The largest absolute Gasteiger partial charge is 0.385 e. The fourth-order valence-corrected chi connectivity index (χ4v) is 8.36. The van der Waals surface area contributed by atoms with E-state index in [1.165, 1.54) is 0 Å². The van der Waals surface area contributed by atoms with Gasteiger partial charge in [-0.2, -0.15) is 0 Å². The minimum Gasteiger partial charge on any atom is -0.385 e. The summed E-state index contributed by atoms with van der Waals surface area (Å²) in [7, 11) is 0. The van der Waals surface area contributed by atoms with E-state index < -0.39 is 0 Å². The van der Waals surface area contributed by atoms with Gasteiger partial charge in [0.05, 0.1) is 34.4 Å². The third-order valence-electron chi connectivity index (χ3n) is 10.9. The van der Waals surface area contributed by atoms with Crippen LogP contribution in [0.1, 0.15) is 61.0 Å². The summed E-state index contributed by atoms with van der Waals surface area (Å²) in [5, 5.41) is 4.83. The van der Waals surface area contributed by atoms with E-state index in [0.717, 1.165) is 114 Å². The first kappa shape index (κ1) is 32.8. The molecule has 0 radical (unpaired) electrons. The molecule has 0 fully saturated rings. The Hall–Kier alpha value is -6.79. The molecule has 0 aliphatic carbocycles. The predicted molar refractivity (Wildman–Crippen MR) is 225 cm³/mol. The zero-order chi connectivity index (χ0) is 36.7. The second kappa shape index (κ2) is 13.9. The van der Waals surface area contributed by atoms with Crippen molar-refractivity contribution in [1.29, 1.82) is 0 Å². The highest BCUT2D eigenvalue weighted by Gasteiger charge is 2.45. The summed E-state index contributed by atoms with van der Waals surface area (Å²) in [6, 6.07) is 50.9. The number of fused-ring (bicyclic) bond motifs is 11. The van der Waals surface area contributed by atoms with Crippen LogP contribution in [-0.4, -0.2) is 25.6 Å². The topological polar surface area (TPSA) is 79.0 Å². The Kier molecular flexibility index (Phi) is 8.29. The average molecular weight is 714 g/mol. The van der Waals surface area contributed by atoms with Crippen molar-refractivity contribution in [2.75, 3.05) is 0 Å². The van der Waals surface area contributed by atoms with E-state index in [1.54, 1.807) is 0 Å². The van der Waals surface area contributed by atoms with Crippen LogP contribution in [0.2, 0.25) is 0 Å². The maximum Gasteiger partial charge on any atom is 0.183 e. The lowest BCUT2D eigenvalue weighted by atomic mass is 9.86. The number of aromatic nitrogens is 4. The van der Waals surface area contributed by atoms with Crippen molar-refractivity contribution in [2.24, 2.45) is 5.16 Å². The van der Waals surface area contributed by atoms with E-state index in [9.17, 15) is 0 Å². The van der Waals surface area contributed by atoms with Gasteiger partial charge in [-0.05, 0) is 71.5 Å². The molecule has 6 heterocycles. The Balaban J connectivity index is 1.41.